The normalized spacial score (nSPS) is 20.4. The quantitative estimate of drug-likeness (QED) is 0.286. The number of rotatable bonds is 8. The van der Waals surface area contributed by atoms with Crippen molar-refractivity contribution in [3.05, 3.63) is 83.7 Å². The van der Waals surface area contributed by atoms with E-state index in [1.807, 2.05) is 0 Å². The summed E-state index contributed by atoms with van der Waals surface area (Å²) in [4.78, 5) is 29.9. The summed E-state index contributed by atoms with van der Waals surface area (Å²) < 4.78 is 18.9. The molecule has 2 heterocycles. The molecule has 33 heavy (non-hydrogen) atoms. The van der Waals surface area contributed by atoms with Crippen LogP contribution in [-0.4, -0.2) is 59.4 Å². The first-order chi connectivity index (χ1) is 16.0. The Morgan fingerprint density at radius 2 is 1.73 bits per heavy atom. The number of carbonyl (C=O) groups is 2. The van der Waals surface area contributed by atoms with E-state index in [4.69, 9.17) is 4.74 Å². The molecule has 7 heteroatoms. The number of aliphatic hydroxyl groups is 1. The van der Waals surface area contributed by atoms with Gasteiger partial charge in [0, 0.05) is 18.7 Å². The monoisotopic (exact) mass is 450 g/mol. The largest absolute Gasteiger partial charge is 0.507 e. The SMILES string of the molecule is C=CCOc1ccc(C2/C(=C(\O)c3ccc(F)cc3)C(=O)C(=O)N2CCN2CCCC2)cc1. The van der Waals surface area contributed by atoms with Crippen LogP contribution in [0.15, 0.2) is 66.8 Å². The molecule has 2 aromatic carbocycles. The molecule has 1 amide bonds. The molecule has 0 aromatic heterocycles. The summed E-state index contributed by atoms with van der Waals surface area (Å²) in [5, 5.41) is 11.0. The molecule has 2 saturated heterocycles. The summed E-state index contributed by atoms with van der Waals surface area (Å²) in [5.74, 6) is -1.52. The Morgan fingerprint density at radius 1 is 1.06 bits per heavy atom. The number of benzene rings is 2. The highest BCUT2D eigenvalue weighted by Gasteiger charge is 2.46. The summed E-state index contributed by atoms with van der Waals surface area (Å²) in [7, 11) is 0. The minimum atomic E-state index is -0.744. The predicted octanol–water partition coefficient (Wildman–Crippen LogP) is 3.91. The fraction of sp³-hybridized carbons (Fsp3) is 0.308. The second kappa shape index (κ2) is 10.0. The molecule has 1 atom stereocenters. The Kier molecular flexibility index (Phi) is 6.89. The summed E-state index contributed by atoms with van der Waals surface area (Å²) in [6, 6.07) is 11.6. The first-order valence-electron chi connectivity index (χ1n) is 11.1. The second-order valence-electron chi connectivity index (χ2n) is 8.22. The molecule has 6 nitrogen and oxygen atoms in total. The summed E-state index contributed by atoms with van der Waals surface area (Å²) >= 11 is 0. The van der Waals surface area contributed by atoms with E-state index < -0.39 is 23.5 Å². The smallest absolute Gasteiger partial charge is 0.295 e. The molecule has 2 aliphatic rings. The van der Waals surface area contributed by atoms with Gasteiger partial charge in [0.2, 0.25) is 0 Å². The standard InChI is InChI=1S/C26H27FN2O4/c1-2-17-33-21-11-7-18(8-12-21)23-22(24(30)19-5-9-20(27)10-6-19)25(31)26(32)29(23)16-15-28-13-3-4-14-28/h2,5-12,23,30H,1,3-4,13-17H2/b24-22+. The number of hydrogen-bond donors (Lipinski definition) is 1. The molecule has 0 radical (unpaired) electrons. The average molecular weight is 451 g/mol. The third-order valence-corrected chi connectivity index (χ3v) is 6.08. The van der Waals surface area contributed by atoms with E-state index >= 15 is 0 Å². The molecule has 1 N–H and O–H groups in total. The van der Waals surface area contributed by atoms with E-state index in [0.29, 0.717) is 31.0 Å². The van der Waals surface area contributed by atoms with Gasteiger partial charge in [-0.3, -0.25) is 9.59 Å². The molecule has 172 valence electrons. The number of ketones is 1. The van der Waals surface area contributed by atoms with Crippen LogP contribution in [-0.2, 0) is 9.59 Å². The lowest BCUT2D eigenvalue weighted by Gasteiger charge is -2.27. The van der Waals surface area contributed by atoms with Crippen molar-refractivity contribution in [3.63, 3.8) is 0 Å². The Labute approximate surface area is 192 Å². The maximum absolute atomic E-state index is 13.4. The molecule has 0 spiro atoms. The van der Waals surface area contributed by atoms with Gasteiger partial charge in [-0.15, -0.1) is 0 Å². The number of halogens is 1. The third-order valence-electron chi connectivity index (χ3n) is 6.08. The van der Waals surface area contributed by atoms with Gasteiger partial charge in [-0.25, -0.2) is 4.39 Å². The molecule has 0 bridgehead atoms. The lowest BCUT2D eigenvalue weighted by Crippen LogP contribution is -2.37. The number of amides is 1. The van der Waals surface area contributed by atoms with Crippen molar-refractivity contribution in [2.45, 2.75) is 18.9 Å². The van der Waals surface area contributed by atoms with Crippen LogP contribution < -0.4 is 4.74 Å². The molecule has 1 unspecified atom stereocenters. The Balaban J connectivity index is 1.72. The highest BCUT2D eigenvalue weighted by molar-refractivity contribution is 6.46. The maximum atomic E-state index is 13.4. The number of aliphatic hydroxyl groups excluding tert-OH is 1. The summed E-state index contributed by atoms with van der Waals surface area (Å²) in [6.45, 7) is 6.95. The lowest BCUT2D eigenvalue weighted by atomic mass is 9.95. The Hall–Kier alpha value is -3.45. The lowest BCUT2D eigenvalue weighted by molar-refractivity contribution is -0.140. The number of carbonyl (C=O) groups excluding carboxylic acids is 2. The summed E-state index contributed by atoms with van der Waals surface area (Å²) in [5.41, 5.74) is 0.975. The van der Waals surface area contributed by atoms with Crippen LogP contribution in [0.2, 0.25) is 0 Å². The first-order valence-corrected chi connectivity index (χ1v) is 11.1. The Bertz CT molecular complexity index is 1060. The third kappa shape index (κ3) is 4.83. The van der Waals surface area contributed by atoms with Crippen LogP contribution in [0.5, 0.6) is 5.75 Å². The topological polar surface area (TPSA) is 70.1 Å². The average Bonchev–Trinajstić information content (AvgIpc) is 3.43. The van der Waals surface area contributed by atoms with E-state index in [1.165, 1.54) is 29.2 Å². The minimum Gasteiger partial charge on any atom is -0.507 e. The van der Waals surface area contributed by atoms with Crippen LogP contribution in [0.3, 0.4) is 0 Å². The van der Waals surface area contributed by atoms with E-state index in [0.717, 1.165) is 25.9 Å². The molecule has 0 aliphatic carbocycles. The molecule has 0 saturated carbocycles. The van der Waals surface area contributed by atoms with Gasteiger partial charge in [0.25, 0.3) is 11.7 Å². The maximum Gasteiger partial charge on any atom is 0.295 e. The van der Waals surface area contributed by atoms with Gasteiger partial charge >= 0.3 is 0 Å². The van der Waals surface area contributed by atoms with E-state index in [2.05, 4.69) is 11.5 Å². The van der Waals surface area contributed by atoms with Crippen LogP contribution in [0.1, 0.15) is 30.0 Å². The second-order valence-corrected chi connectivity index (χ2v) is 8.22. The molecule has 4 rings (SSSR count). The zero-order valence-corrected chi connectivity index (χ0v) is 18.4. The van der Waals surface area contributed by atoms with Crippen molar-refractivity contribution in [1.29, 1.82) is 0 Å². The zero-order valence-electron chi connectivity index (χ0n) is 18.4. The van der Waals surface area contributed by atoms with Crippen molar-refractivity contribution in [3.8, 4) is 5.75 Å². The minimum absolute atomic E-state index is 0.00721. The fourth-order valence-electron chi connectivity index (χ4n) is 4.38. The predicted molar refractivity (Wildman–Crippen MR) is 123 cm³/mol. The van der Waals surface area contributed by atoms with Crippen molar-refractivity contribution < 1.29 is 23.8 Å². The van der Waals surface area contributed by atoms with Gasteiger partial charge in [0.15, 0.2) is 0 Å². The van der Waals surface area contributed by atoms with Crippen molar-refractivity contribution in [1.82, 2.24) is 9.80 Å². The summed E-state index contributed by atoms with van der Waals surface area (Å²) in [6.07, 6.45) is 3.89. The molecule has 2 aliphatic heterocycles. The number of hydrogen-bond acceptors (Lipinski definition) is 5. The van der Waals surface area contributed by atoms with E-state index in [-0.39, 0.29) is 16.9 Å². The first kappa shape index (κ1) is 22.7. The highest BCUT2D eigenvalue weighted by atomic mass is 19.1. The van der Waals surface area contributed by atoms with Gasteiger partial charge < -0.3 is 19.6 Å². The van der Waals surface area contributed by atoms with Crippen molar-refractivity contribution in [2.75, 3.05) is 32.8 Å². The van der Waals surface area contributed by atoms with E-state index in [9.17, 15) is 19.1 Å². The molecule has 2 fully saturated rings. The van der Waals surface area contributed by atoms with Crippen LogP contribution in [0.4, 0.5) is 4.39 Å². The van der Waals surface area contributed by atoms with Gasteiger partial charge in [-0.05, 0) is 67.9 Å². The van der Waals surface area contributed by atoms with E-state index in [1.54, 1.807) is 30.3 Å². The zero-order chi connectivity index (χ0) is 23.4. The van der Waals surface area contributed by atoms with Crippen LogP contribution >= 0.6 is 0 Å². The highest BCUT2D eigenvalue weighted by Crippen LogP contribution is 2.39. The fourth-order valence-corrected chi connectivity index (χ4v) is 4.38. The van der Waals surface area contributed by atoms with Gasteiger partial charge in [0.1, 0.15) is 23.9 Å². The Morgan fingerprint density at radius 3 is 2.36 bits per heavy atom. The number of ether oxygens (including phenoxy) is 1. The van der Waals surface area contributed by atoms with Gasteiger partial charge in [0.05, 0.1) is 11.6 Å². The van der Waals surface area contributed by atoms with Crippen LogP contribution in [0.25, 0.3) is 5.76 Å². The number of likely N-dealkylation sites (tertiary alicyclic amines) is 2. The molecular formula is C26H27FN2O4. The number of nitrogens with zero attached hydrogens (tertiary/aromatic N) is 2. The van der Waals surface area contributed by atoms with Crippen molar-refractivity contribution in [2.24, 2.45) is 0 Å². The van der Waals surface area contributed by atoms with Gasteiger partial charge in [-0.1, -0.05) is 24.8 Å². The molecular weight excluding hydrogens is 423 g/mol. The molecule has 2 aromatic rings. The van der Waals surface area contributed by atoms with Crippen molar-refractivity contribution >= 4 is 17.4 Å². The van der Waals surface area contributed by atoms with Gasteiger partial charge in [-0.2, -0.15) is 0 Å². The van der Waals surface area contributed by atoms with Crippen LogP contribution in [0, 0.1) is 5.82 Å². The number of Topliss-reactive ketones (excluding diaryl/α,β-unsaturated/α-hetero) is 1.